The first kappa shape index (κ1) is 19.4. The molecular formula is C20H20N6O4. The van der Waals surface area contributed by atoms with Crippen LogP contribution in [0.4, 0.5) is 11.5 Å². The van der Waals surface area contributed by atoms with Crippen molar-refractivity contribution in [2.45, 2.75) is 31.8 Å². The summed E-state index contributed by atoms with van der Waals surface area (Å²) < 4.78 is 1.63. The molecule has 2 amide bonds. The quantitative estimate of drug-likeness (QED) is 0.599. The zero-order chi connectivity index (χ0) is 21.4. The molecule has 10 nitrogen and oxygen atoms in total. The minimum absolute atomic E-state index is 0.106. The summed E-state index contributed by atoms with van der Waals surface area (Å²) in [7, 11) is 0. The average molecular weight is 408 g/mol. The van der Waals surface area contributed by atoms with E-state index in [2.05, 4.69) is 16.5 Å². The normalized spacial score (nSPS) is 16.1. The van der Waals surface area contributed by atoms with E-state index in [9.17, 15) is 14.4 Å². The second kappa shape index (κ2) is 7.51. The molecule has 1 aliphatic heterocycles. The number of nitriles is 1. The van der Waals surface area contributed by atoms with E-state index in [0.717, 1.165) is 12.8 Å². The number of carboxylic acid groups (broad SMARTS) is 1. The summed E-state index contributed by atoms with van der Waals surface area (Å²) in [5, 5.41) is 25.6. The molecule has 1 aromatic heterocycles. The van der Waals surface area contributed by atoms with Crippen molar-refractivity contribution in [1.29, 1.82) is 5.26 Å². The van der Waals surface area contributed by atoms with Crippen LogP contribution in [0.1, 0.15) is 51.6 Å². The largest absolute Gasteiger partial charge is 0.480 e. The number of benzene rings is 1. The number of nitrogens with two attached hydrogens (primary N) is 1. The first-order valence-electron chi connectivity index (χ1n) is 9.54. The third kappa shape index (κ3) is 3.69. The molecule has 0 spiro atoms. The highest BCUT2D eigenvalue weighted by molar-refractivity contribution is 6.01. The third-order valence-electron chi connectivity index (χ3n) is 5.38. The highest BCUT2D eigenvalue weighted by atomic mass is 16.4. The fourth-order valence-corrected chi connectivity index (χ4v) is 3.77. The number of nitrogens with zero attached hydrogens (tertiary/aromatic N) is 4. The van der Waals surface area contributed by atoms with Gasteiger partial charge < -0.3 is 21.1 Å². The van der Waals surface area contributed by atoms with Crippen molar-refractivity contribution in [2.75, 3.05) is 11.9 Å². The molecule has 0 saturated heterocycles. The van der Waals surface area contributed by atoms with Gasteiger partial charge in [0.05, 0.1) is 18.5 Å². The summed E-state index contributed by atoms with van der Waals surface area (Å²) >= 11 is 0. The lowest BCUT2D eigenvalue weighted by atomic mass is 10.1. The smallest absolute Gasteiger partial charge is 0.323 e. The predicted molar refractivity (Wildman–Crippen MR) is 105 cm³/mol. The maximum Gasteiger partial charge on any atom is 0.323 e. The summed E-state index contributed by atoms with van der Waals surface area (Å²) in [6, 6.07) is 7.07. The first-order chi connectivity index (χ1) is 14.4. The highest BCUT2D eigenvalue weighted by Gasteiger charge is 2.34. The van der Waals surface area contributed by atoms with E-state index in [1.54, 1.807) is 29.1 Å². The van der Waals surface area contributed by atoms with Crippen LogP contribution in [-0.2, 0) is 11.3 Å². The SMILES string of the molecule is N#CCC(C1CC1)n1cc(C(N)=O)c(Nc2ccc3c(c2)CN(CC(=O)O)C3=O)n1. The van der Waals surface area contributed by atoms with E-state index in [-0.39, 0.29) is 36.4 Å². The van der Waals surface area contributed by atoms with Gasteiger partial charge in [-0.3, -0.25) is 19.1 Å². The van der Waals surface area contributed by atoms with E-state index in [1.165, 1.54) is 4.90 Å². The Balaban J connectivity index is 1.59. The van der Waals surface area contributed by atoms with Crippen LogP contribution in [0, 0.1) is 17.2 Å². The van der Waals surface area contributed by atoms with E-state index in [1.807, 2.05) is 0 Å². The van der Waals surface area contributed by atoms with Crippen LogP contribution in [0.3, 0.4) is 0 Å². The molecule has 4 rings (SSSR count). The van der Waals surface area contributed by atoms with E-state index >= 15 is 0 Å². The number of aromatic nitrogens is 2. The van der Waals surface area contributed by atoms with Gasteiger partial charge in [0.1, 0.15) is 12.1 Å². The zero-order valence-corrected chi connectivity index (χ0v) is 16.0. The lowest BCUT2D eigenvalue weighted by molar-refractivity contribution is -0.137. The number of fused-ring (bicyclic) bond motifs is 1. The van der Waals surface area contributed by atoms with Crippen LogP contribution in [0.25, 0.3) is 0 Å². The molecule has 10 heteroatoms. The number of nitrogens with one attached hydrogen (secondary N) is 1. The van der Waals surface area contributed by atoms with Crippen LogP contribution >= 0.6 is 0 Å². The van der Waals surface area contributed by atoms with Gasteiger partial charge in [-0.25, -0.2) is 0 Å². The number of anilines is 2. The topological polar surface area (TPSA) is 154 Å². The summed E-state index contributed by atoms with van der Waals surface area (Å²) in [6.45, 7) is -0.174. The van der Waals surface area contributed by atoms with Crippen molar-refractivity contribution < 1.29 is 19.5 Å². The molecule has 1 saturated carbocycles. The summed E-state index contributed by atoms with van der Waals surface area (Å²) in [6.07, 6.45) is 3.90. The Morgan fingerprint density at radius 2 is 2.17 bits per heavy atom. The maximum absolute atomic E-state index is 12.3. The van der Waals surface area contributed by atoms with Gasteiger partial charge in [-0.15, -0.1) is 0 Å². The molecule has 30 heavy (non-hydrogen) atoms. The van der Waals surface area contributed by atoms with Gasteiger partial charge in [0.25, 0.3) is 11.8 Å². The molecule has 154 valence electrons. The van der Waals surface area contributed by atoms with Gasteiger partial charge in [-0.2, -0.15) is 10.4 Å². The van der Waals surface area contributed by atoms with Crippen molar-refractivity contribution in [3.8, 4) is 6.07 Å². The van der Waals surface area contributed by atoms with E-state index in [0.29, 0.717) is 29.2 Å². The number of rotatable bonds is 8. The number of primary amides is 1. The third-order valence-corrected chi connectivity index (χ3v) is 5.38. The lowest BCUT2D eigenvalue weighted by Gasteiger charge is -2.12. The van der Waals surface area contributed by atoms with Crippen molar-refractivity contribution >= 4 is 29.3 Å². The molecule has 2 heterocycles. The van der Waals surface area contributed by atoms with E-state index in [4.69, 9.17) is 16.1 Å². The number of hydrogen-bond acceptors (Lipinski definition) is 6. The highest BCUT2D eigenvalue weighted by Crippen LogP contribution is 2.41. The van der Waals surface area contributed by atoms with Gasteiger partial charge in [0, 0.05) is 24.0 Å². The molecule has 1 atom stereocenters. The van der Waals surface area contributed by atoms with Crippen LogP contribution in [0.5, 0.6) is 0 Å². The second-order valence-corrected chi connectivity index (χ2v) is 7.55. The summed E-state index contributed by atoms with van der Waals surface area (Å²) in [5.74, 6) is -1.40. The molecular weight excluding hydrogens is 388 g/mol. The van der Waals surface area contributed by atoms with Crippen molar-refractivity contribution in [3.05, 3.63) is 41.1 Å². The van der Waals surface area contributed by atoms with E-state index < -0.39 is 11.9 Å². The Labute approximate surface area is 171 Å². The number of aliphatic carboxylic acids is 1. The zero-order valence-electron chi connectivity index (χ0n) is 16.0. The van der Waals surface area contributed by atoms with Gasteiger partial charge in [-0.1, -0.05) is 0 Å². The second-order valence-electron chi connectivity index (χ2n) is 7.55. The Morgan fingerprint density at radius 3 is 2.80 bits per heavy atom. The predicted octanol–water partition coefficient (Wildman–Crippen LogP) is 1.63. The fourth-order valence-electron chi connectivity index (χ4n) is 3.77. The summed E-state index contributed by atoms with van der Waals surface area (Å²) in [4.78, 5) is 36.4. The molecule has 1 unspecified atom stereocenters. The molecule has 0 bridgehead atoms. The molecule has 2 aromatic rings. The maximum atomic E-state index is 12.3. The molecule has 0 radical (unpaired) electrons. The molecule has 4 N–H and O–H groups in total. The Morgan fingerprint density at radius 1 is 1.40 bits per heavy atom. The minimum Gasteiger partial charge on any atom is -0.480 e. The van der Waals surface area contributed by atoms with Crippen LogP contribution in [0.15, 0.2) is 24.4 Å². The number of hydrogen-bond donors (Lipinski definition) is 3. The average Bonchev–Trinajstić information content (AvgIpc) is 3.37. The molecule has 1 aliphatic carbocycles. The Hall–Kier alpha value is -3.87. The minimum atomic E-state index is -1.08. The van der Waals surface area contributed by atoms with Gasteiger partial charge >= 0.3 is 5.97 Å². The van der Waals surface area contributed by atoms with Crippen molar-refractivity contribution in [1.82, 2.24) is 14.7 Å². The Bertz CT molecular complexity index is 1080. The number of amides is 2. The number of carbonyl (C=O) groups is 3. The Kier molecular flexibility index (Phi) is 4.87. The van der Waals surface area contributed by atoms with Gasteiger partial charge in [0.15, 0.2) is 5.82 Å². The lowest BCUT2D eigenvalue weighted by Crippen LogP contribution is -2.29. The first-order valence-corrected chi connectivity index (χ1v) is 9.54. The van der Waals surface area contributed by atoms with Gasteiger partial charge in [0.2, 0.25) is 0 Å². The van der Waals surface area contributed by atoms with Crippen molar-refractivity contribution in [3.63, 3.8) is 0 Å². The molecule has 1 aromatic carbocycles. The number of carbonyl (C=O) groups excluding carboxylic acids is 2. The van der Waals surface area contributed by atoms with Crippen LogP contribution < -0.4 is 11.1 Å². The van der Waals surface area contributed by atoms with Gasteiger partial charge in [-0.05, 0) is 42.5 Å². The summed E-state index contributed by atoms with van der Waals surface area (Å²) in [5.41, 5.74) is 7.46. The van der Waals surface area contributed by atoms with Crippen LogP contribution in [0.2, 0.25) is 0 Å². The van der Waals surface area contributed by atoms with Crippen molar-refractivity contribution in [2.24, 2.45) is 11.7 Å². The monoisotopic (exact) mass is 408 g/mol. The standard InChI is InChI=1S/C20H20N6O4/c21-6-5-16(11-1-2-11)26-9-15(18(22)29)19(24-26)23-13-3-4-14-12(7-13)8-25(20(14)30)10-17(27)28/h3-4,7,9,11,16H,1-2,5,8,10H2,(H2,22,29)(H,23,24)(H,27,28). The number of carboxylic acids is 1. The fraction of sp³-hybridized carbons (Fsp3) is 0.350. The molecule has 2 aliphatic rings. The van der Waals surface area contributed by atoms with Crippen LogP contribution in [-0.4, -0.2) is 44.1 Å². The molecule has 1 fully saturated rings.